The Hall–Kier alpha value is -5.32. The van der Waals surface area contributed by atoms with E-state index in [4.69, 9.17) is 0 Å². The molecular formula is C24H17N5O6. The Morgan fingerprint density at radius 1 is 0.629 bits per heavy atom. The Morgan fingerprint density at radius 3 is 1.43 bits per heavy atom. The van der Waals surface area contributed by atoms with Crippen molar-refractivity contribution in [1.82, 2.24) is 14.3 Å². The molecule has 5 aromatic rings. The van der Waals surface area contributed by atoms with E-state index >= 15 is 0 Å². The molecule has 2 amide bonds. The van der Waals surface area contributed by atoms with E-state index in [1.807, 2.05) is 0 Å². The van der Waals surface area contributed by atoms with E-state index in [1.54, 1.807) is 48.5 Å². The van der Waals surface area contributed by atoms with Crippen molar-refractivity contribution >= 4 is 45.6 Å². The Bertz CT molecular complexity index is 1540. The third-order valence-electron chi connectivity index (χ3n) is 5.46. The van der Waals surface area contributed by atoms with Gasteiger partial charge in [0.1, 0.15) is 22.8 Å². The predicted molar refractivity (Wildman–Crippen MR) is 126 cm³/mol. The van der Waals surface area contributed by atoms with Crippen molar-refractivity contribution in [3.8, 4) is 0 Å². The van der Waals surface area contributed by atoms with Gasteiger partial charge in [0.25, 0.3) is 11.8 Å². The van der Waals surface area contributed by atoms with Crippen molar-refractivity contribution in [2.75, 3.05) is 10.9 Å². The third kappa shape index (κ3) is 3.76. The number of hydrogen-bond acceptors (Lipinski definition) is 4. The van der Waals surface area contributed by atoms with Crippen LogP contribution in [0.25, 0.3) is 21.8 Å². The van der Waals surface area contributed by atoms with E-state index in [2.05, 4.69) is 15.8 Å². The second-order valence-electron chi connectivity index (χ2n) is 7.63. The minimum Gasteiger partial charge on any atom is -0.477 e. The number of aromatic nitrogens is 3. The highest BCUT2D eigenvalue weighted by Gasteiger charge is 2.21. The van der Waals surface area contributed by atoms with Gasteiger partial charge in [-0.3, -0.25) is 20.4 Å². The fraction of sp³-hybridized carbons (Fsp3) is 0. The van der Waals surface area contributed by atoms with Crippen molar-refractivity contribution in [3.63, 3.8) is 0 Å². The Labute approximate surface area is 196 Å². The molecule has 3 heterocycles. The third-order valence-corrected chi connectivity index (χ3v) is 5.46. The van der Waals surface area contributed by atoms with E-state index in [0.29, 0.717) is 21.8 Å². The minimum atomic E-state index is -1.22. The van der Waals surface area contributed by atoms with E-state index in [0.717, 1.165) is 9.35 Å². The number of fused-ring (bicyclic) bond motifs is 2. The molecule has 0 fully saturated rings. The monoisotopic (exact) mass is 471 g/mol. The summed E-state index contributed by atoms with van der Waals surface area (Å²) in [6.07, 6.45) is 0. The van der Waals surface area contributed by atoms with E-state index < -0.39 is 23.8 Å². The summed E-state index contributed by atoms with van der Waals surface area (Å²) in [5, 5.41) is 20.3. The maximum absolute atomic E-state index is 12.8. The minimum absolute atomic E-state index is 0.0000853. The molecule has 5 N–H and O–H groups in total. The first-order valence-electron chi connectivity index (χ1n) is 10.3. The Morgan fingerprint density at radius 2 is 1.03 bits per heavy atom. The zero-order chi connectivity index (χ0) is 24.7. The number of carboxylic acid groups (broad SMARTS) is 2. The van der Waals surface area contributed by atoms with Gasteiger partial charge in [-0.25, -0.2) is 18.9 Å². The molecule has 0 saturated heterocycles. The summed E-state index contributed by atoms with van der Waals surface area (Å²) in [4.78, 5) is 51.6. The van der Waals surface area contributed by atoms with Gasteiger partial charge in [-0.15, -0.1) is 0 Å². The van der Waals surface area contributed by atoms with Crippen LogP contribution in [0.3, 0.4) is 0 Å². The molecule has 11 heteroatoms. The summed E-state index contributed by atoms with van der Waals surface area (Å²) >= 11 is 0. The highest BCUT2D eigenvalue weighted by atomic mass is 16.4. The first kappa shape index (κ1) is 21.5. The summed E-state index contributed by atoms with van der Waals surface area (Å²) in [5.74, 6) is -3.79. The molecule has 0 bridgehead atoms. The van der Waals surface area contributed by atoms with Gasteiger partial charge in [0.15, 0.2) is 0 Å². The molecule has 2 aromatic carbocycles. The normalized spacial score (nSPS) is 11.0. The topological polar surface area (TPSA) is 158 Å². The van der Waals surface area contributed by atoms with Crippen LogP contribution in [0.1, 0.15) is 42.0 Å². The first-order valence-corrected chi connectivity index (χ1v) is 10.3. The number of rotatable bonds is 6. The van der Waals surface area contributed by atoms with E-state index in [1.165, 1.54) is 24.3 Å². The quantitative estimate of drug-likeness (QED) is 0.256. The van der Waals surface area contributed by atoms with Crippen LogP contribution < -0.4 is 10.9 Å². The zero-order valence-electron chi connectivity index (χ0n) is 17.9. The molecule has 3 aromatic heterocycles. The average molecular weight is 471 g/mol. The Kier molecular flexibility index (Phi) is 5.06. The molecule has 0 atom stereocenters. The average Bonchev–Trinajstić information content (AvgIpc) is 3.55. The molecule has 0 spiro atoms. The molecule has 0 saturated carbocycles. The molecule has 0 aliphatic carbocycles. The second kappa shape index (κ2) is 8.23. The van der Waals surface area contributed by atoms with Gasteiger partial charge in [-0.1, -0.05) is 36.4 Å². The van der Waals surface area contributed by atoms with Crippen molar-refractivity contribution in [3.05, 3.63) is 95.6 Å². The van der Waals surface area contributed by atoms with Crippen LogP contribution in [0.2, 0.25) is 0 Å². The number of aromatic amines is 1. The number of nitrogens with one attached hydrogen (secondary N) is 3. The predicted octanol–water partition coefficient (Wildman–Crippen LogP) is 3.09. The van der Waals surface area contributed by atoms with Gasteiger partial charge in [-0.2, -0.15) is 0 Å². The number of amides is 2. The number of benzene rings is 2. The fourth-order valence-electron chi connectivity index (χ4n) is 3.85. The van der Waals surface area contributed by atoms with Gasteiger partial charge >= 0.3 is 11.9 Å². The number of para-hydroxylation sites is 2. The number of nitrogens with zero attached hydrogens (tertiary/aromatic N) is 2. The van der Waals surface area contributed by atoms with Crippen LogP contribution >= 0.6 is 0 Å². The number of aromatic carboxylic acids is 2. The molecular weight excluding hydrogens is 454 g/mol. The molecule has 174 valence electrons. The summed E-state index contributed by atoms with van der Waals surface area (Å²) in [5.41, 5.74) is 5.77. The Balaban J connectivity index is 1.41. The molecule has 0 radical (unpaired) electrons. The van der Waals surface area contributed by atoms with E-state index in [9.17, 15) is 29.4 Å². The van der Waals surface area contributed by atoms with Crippen LogP contribution in [-0.4, -0.2) is 48.3 Å². The number of carbonyl (C=O) groups is 4. The molecule has 11 nitrogen and oxygen atoms in total. The largest absolute Gasteiger partial charge is 0.477 e. The van der Waals surface area contributed by atoms with Crippen molar-refractivity contribution in [2.24, 2.45) is 0 Å². The highest BCUT2D eigenvalue weighted by Crippen LogP contribution is 2.20. The van der Waals surface area contributed by atoms with Crippen molar-refractivity contribution in [1.29, 1.82) is 0 Å². The summed E-state index contributed by atoms with van der Waals surface area (Å²) in [7, 11) is 0. The lowest BCUT2D eigenvalue weighted by atomic mass is 10.2. The SMILES string of the molecule is O=C(Nn1c(C(=O)O)cc2ccccc21)c1ccc(C(=O)Nn2c(C(=O)O)cc3ccccc32)[nH]1. The first-order chi connectivity index (χ1) is 16.8. The van der Waals surface area contributed by atoms with Gasteiger partial charge in [-0.05, 0) is 36.4 Å². The van der Waals surface area contributed by atoms with E-state index in [-0.39, 0.29) is 22.8 Å². The molecule has 0 unspecified atom stereocenters. The number of hydrogen-bond donors (Lipinski definition) is 5. The van der Waals surface area contributed by atoms with Crippen LogP contribution in [0.15, 0.2) is 72.8 Å². The lowest BCUT2D eigenvalue weighted by Gasteiger charge is -2.10. The van der Waals surface area contributed by atoms with Crippen molar-refractivity contribution < 1.29 is 29.4 Å². The van der Waals surface area contributed by atoms with Crippen molar-refractivity contribution in [2.45, 2.75) is 0 Å². The lowest BCUT2D eigenvalue weighted by Crippen LogP contribution is -2.27. The standard InChI is InChI=1S/C24H17N5O6/c30-21(26-28-17-7-3-1-5-13(17)11-19(28)23(32)33)15-9-10-16(25-15)22(31)27-29-18-8-4-2-6-14(18)12-20(29)24(34)35/h1-12,25H,(H,26,30)(H,27,31)(H,32,33)(H,34,35). The maximum atomic E-state index is 12.8. The summed E-state index contributed by atoms with van der Waals surface area (Å²) in [6.45, 7) is 0. The maximum Gasteiger partial charge on any atom is 0.354 e. The highest BCUT2D eigenvalue weighted by molar-refractivity contribution is 6.05. The molecule has 5 rings (SSSR count). The van der Waals surface area contributed by atoms with Crippen LogP contribution in [-0.2, 0) is 0 Å². The molecule has 0 aliphatic rings. The smallest absolute Gasteiger partial charge is 0.354 e. The van der Waals surface area contributed by atoms with Crippen LogP contribution in [0, 0.1) is 0 Å². The molecule has 35 heavy (non-hydrogen) atoms. The zero-order valence-corrected chi connectivity index (χ0v) is 17.9. The van der Waals surface area contributed by atoms with Gasteiger partial charge in [0.2, 0.25) is 0 Å². The lowest BCUT2D eigenvalue weighted by molar-refractivity contribution is 0.0676. The van der Waals surface area contributed by atoms with Crippen LogP contribution in [0.4, 0.5) is 0 Å². The second-order valence-corrected chi connectivity index (χ2v) is 7.63. The summed E-state index contributed by atoms with van der Waals surface area (Å²) < 4.78 is 2.32. The van der Waals surface area contributed by atoms with Crippen LogP contribution in [0.5, 0.6) is 0 Å². The van der Waals surface area contributed by atoms with Gasteiger partial charge in [0, 0.05) is 10.8 Å². The van der Waals surface area contributed by atoms with Gasteiger partial charge in [0.05, 0.1) is 11.0 Å². The summed E-state index contributed by atoms with van der Waals surface area (Å²) in [6, 6.07) is 19.3. The number of carboxylic acids is 2. The number of H-pyrrole nitrogens is 1. The fourth-order valence-corrected chi connectivity index (χ4v) is 3.85. The molecule has 0 aliphatic heterocycles. The number of carbonyl (C=O) groups excluding carboxylic acids is 2. The van der Waals surface area contributed by atoms with Gasteiger partial charge < -0.3 is 15.2 Å².